The Morgan fingerprint density at radius 3 is 2.41 bits per heavy atom. The molecule has 0 radical (unpaired) electrons. The molecule has 0 aliphatic rings. The first-order valence-electron chi connectivity index (χ1n) is 9.79. The number of anilines is 1. The molecule has 0 atom stereocenters. The van der Waals surface area contributed by atoms with E-state index >= 15 is 0 Å². The Kier molecular flexibility index (Phi) is 7.63. The van der Waals surface area contributed by atoms with Gasteiger partial charge < -0.3 is 14.6 Å². The molecule has 0 fully saturated rings. The molecule has 0 spiro atoms. The quantitative estimate of drug-likeness (QED) is 0.437. The van der Waals surface area contributed by atoms with Crippen molar-refractivity contribution in [2.45, 2.75) is 23.7 Å². The van der Waals surface area contributed by atoms with Crippen molar-refractivity contribution in [2.75, 3.05) is 18.4 Å². The normalized spacial score (nSPS) is 11.2. The highest BCUT2D eigenvalue weighted by Crippen LogP contribution is 2.34. The van der Waals surface area contributed by atoms with E-state index < -0.39 is 30.1 Å². The van der Waals surface area contributed by atoms with Crippen LogP contribution in [0.2, 0.25) is 0 Å². The summed E-state index contributed by atoms with van der Waals surface area (Å²) in [5, 5.41) is 2.26. The van der Waals surface area contributed by atoms with Crippen molar-refractivity contribution in [3.63, 3.8) is 0 Å². The molecule has 168 valence electrons. The minimum Gasteiger partial charge on any atom is -0.459 e. The number of furan rings is 1. The maximum absolute atomic E-state index is 13.2. The third kappa shape index (κ3) is 5.94. The number of alkyl halides is 3. The van der Waals surface area contributed by atoms with Crippen molar-refractivity contribution >= 4 is 29.3 Å². The number of carbonyl (C=O) groups excluding carboxylic acids is 2. The van der Waals surface area contributed by atoms with Gasteiger partial charge in [0.1, 0.15) is 6.54 Å². The van der Waals surface area contributed by atoms with Crippen molar-refractivity contribution in [3.8, 4) is 0 Å². The Labute approximate surface area is 187 Å². The predicted octanol–water partition coefficient (Wildman–Crippen LogP) is 5.69. The number of rotatable bonds is 8. The third-order valence-electron chi connectivity index (χ3n) is 4.59. The molecule has 3 rings (SSSR count). The first-order chi connectivity index (χ1) is 15.3. The number of hydrogen-bond donors (Lipinski definition) is 1. The van der Waals surface area contributed by atoms with E-state index in [4.69, 9.17) is 4.42 Å². The molecule has 0 aliphatic carbocycles. The van der Waals surface area contributed by atoms with Crippen LogP contribution in [0.4, 0.5) is 18.9 Å². The van der Waals surface area contributed by atoms with E-state index in [1.54, 1.807) is 13.0 Å². The zero-order valence-corrected chi connectivity index (χ0v) is 18.0. The van der Waals surface area contributed by atoms with Crippen LogP contribution in [0.1, 0.15) is 28.6 Å². The van der Waals surface area contributed by atoms with E-state index in [-0.39, 0.29) is 18.0 Å². The number of carbonyl (C=O) groups is 2. The first-order valence-corrected chi connectivity index (χ1v) is 10.8. The van der Waals surface area contributed by atoms with Gasteiger partial charge in [0.2, 0.25) is 5.91 Å². The van der Waals surface area contributed by atoms with Crippen LogP contribution in [-0.2, 0) is 16.7 Å². The highest BCUT2D eigenvalue weighted by Gasteiger charge is 2.33. The molecular weight excluding hydrogens is 441 g/mol. The van der Waals surface area contributed by atoms with Gasteiger partial charge in [0.25, 0.3) is 5.91 Å². The second-order valence-corrected chi connectivity index (χ2v) is 7.84. The van der Waals surface area contributed by atoms with Gasteiger partial charge in [0.15, 0.2) is 5.76 Å². The largest absolute Gasteiger partial charge is 0.459 e. The summed E-state index contributed by atoms with van der Waals surface area (Å²) >= 11 is 1.53. The molecule has 9 heteroatoms. The number of hydrogen-bond acceptors (Lipinski definition) is 4. The average Bonchev–Trinajstić information content (AvgIpc) is 3.24. The highest BCUT2D eigenvalue weighted by atomic mass is 32.2. The van der Waals surface area contributed by atoms with Gasteiger partial charge in [-0.15, -0.1) is 11.8 Å². The fraction of sp³-hybridized carbons (Fsp3) is 0.217. The van der Waals surface area contributed by atoms with Gasteiger partial charge in [0.05, 0.1) is 17.5 Å². The van der Waals surface area contributed by atoms with E-state index in [0.717, 1.165) is 11.0 Å². The van der Waals surface area contributed by atoms with Crippen molar-refractivity contribution in [1.29, 1.82) is 0 Å². The van der Waals surface area contributed by atoms with Crippen molar-refractivity contribution in [1.82, 2.24) is 4.90 Å². The van der Waals surface area contributed by atoms with E-state index in [1.165, 1.54) is 41.1 Å². The standard InChI is InChI=1S/C23H21F3N2O3S/c1-2-28(14-20(29)27-19-11-7-6-10-18(19)23(24,25)26)22(30)21-16(12-13-31-21)15-32-17-8-4-3-5-9-17/h3-13H,2,14-15H2,1H3,(H,27,29). The number of likely N-dealkylation sites (N-methyl/N-ethyl adjacent to an activating group) is 1. The van der Waals surface area contributed by atoms with E-state index in [0.29, 0.717) is 11.3 Å². The molecule has 2 amide bonds. The second-order valence-electron chi connectivity index (χ2n) is 6.79. The first kappa shape index (κ1) is 23.5. The van der Waals surface area contributed by atoms with Gasteiger partial charge in [-0.25, -0.2) is 0 Å². The van der Waals surface area contributed by atoms with Gasteiger partial charge in [-0.1, -0.05) is 30.3 Å². The molecular formula is C23H21F3N2O3S. The zero-order chi connectivity index (χ0) is 23.1. The van der Waals surface area contributed by atoms with Crippen LogP contribution in [0.5, 0.6) is 0 Å². The number of thioether (sulfide) groups is 1. The van der Waals surface area contributed by atoms with E-state index in [2.05, 4.69) is 5.32 Å². The molecule has 1 heterocycles. The smallest absolute Gasteiger partial charge is 0.418 e. The zero-order valence-electron chi connectivity index (χ0n) is 17.2. The lowest BCUT2D eigenvalue weighted by molar-refractivity contribution is -0.137. The van der Waals surface area contributed by atoms with Crippen molar-refractivity contribution in [3.05, 3.63) is 83.8 Å². The number of halogens is 3. The molecule has 3 aromatic rings. The molecule has 1 aromatic heterocycles. The number of para-hydroxylation sites is 1. The summed E-state index contributed by atoms with van der Waals surface area (Å²) in [5.41, 5.74) is -0.634. The fourth-order valence-electron chi connectivity index (χ4n) is 2.99. The number of nitrogens with one attached hydrogen (secondary N) is 1. The van der Waals surface area contributed by atoms with Crippen LogP contribution >= 0.6 is 11.8 Å². The Hall–Kier alpha value is -3.20. The Bertz CT molecular complexity index is 1070. The van der Waals surface area contributed by atoms with Gasteiger partial charge in [-0.3, -0.25) is 9.59 Å². The summed E-state index contributed by atoms with van der Waals surface area (Å²) in [6.07, 6.45) is -3.20. The van der Waals surface area contributed by atoms with Gasteiger partial charge >= 0.3 is 6.18 Å². The Morgan fingerprint density at radius 2 is 1.72 bits per heavy atom. The third-order valence-corrected chi connectivity index (χ3v) is 5.65. The monoisotopic (exact) mass is 462 g/mol. The lowest BCUT2D eigenvalue weighted by Crippen LogP contribution is -2.38. The van der Waals surface area contributed by atoms with Crippen LogP contribution in [0.3, 0.4) is 0 Å². The van der Waals surface area contributed by atoms with Crippen LogP contribution in [0, 0.1) is 0 Å². The number of nitrogens with zero attached hydrogens (tertiary/aromatic N) is 1. The van der Waals surface area contributed by atoms with Crippen molar-refractivity contribution < 1.29 is 27.2 Å². The van der Waals surface area contributed by atoms with Crippen LogP contribution in [0.15, 0.2) is 76.2 Å². The topological polar surface area (TPSA) is 62.6 Å². The second kappa shape index (κ2) is 10.4. The Morgan fingerprint density at radius 1 is 1.03 bits per heavy atom. The van der Waals surface area contributed by atoms with Gasteiger partial charge in [0, 0.05) is 22.8 Å². The summed E-state index contributed by atoms with van der Waals surface area (Å²) in [7, 11) is 0. The minimum atomic E-state index is -4.61. The molecule has 0 unspecified atom stereocenters. The lowest BCUT2D eigenvalue weighted by atomic mass is 10.1. The molecule has 0 bridgehead atoms. The minimum absolute atomic E-state index is 0.110. The predicted molar refractivity (Wildman–Crippen MR) is 116 cm³/mol. The molecule has 0 saturated heterocycles. The maximum Gasteiger partial charge on any atom is 0.418 e. The summed E-state index contributed by atoms with van der Waals surface area (Å²) in [6.45, 7) is 1.45. The molecule has 2 aromatic carbocycles. The fourth-order valence-corrected chi connectivity index (χ4v) is 3.89. The summed E-state index contributed by atoms with van der Waals surface area (Å²) in [4.78, 5) is 27.6. The van der Waals surface area contributed by atoms with Crippen molar-refractivity contribution in [2.24, 2.45) is 0 Å². The molecule has 5 nitrogen and oxygen atoms in total. The molecule has 0 aliphatic heterocycles. The summed E-state index contributed by atoms with van der Waals surface area (Å²) in [5.74, 6) is -0.632. The van der Waals surface area contributed by atoms with Gasteiger partial charge in [-0.2, -0.15) is 13.2 Å². The summed E-state index contributed by atoms with van der Waals surface area (Å²) < 4.78 is 44.8. The number of amides is 2. The maximum atomic E-state index is 13.2. The Balaban J connectivity index is 1.67. The van der Waals surface area contributed by atoms with Crippen LogP contribution in [0.25, 0.3) is 0 Å². The summed E-state index contributed by atoms with van der Waals surface area (Å²) in [6, 6.07) is 16.0. The van der Waals surface area contributed by atoms with E-state index in [9.17, 15) is 22.8 Å². The van der Waals surface area contributed by atoms with E-state index in [1.807, 2.05) is 30.3 Å². The molecule has 32 heavy (non-hydrogen) atoms. The van der Waals surface area contributed by atoms with Crippen LogP contribution in [-0.4, -0.2) is 29.8 Å². The SMILES string of the molecule is CCN(CC(=O)Nc1ccccc1C(F)(F)F)C(=O)c1occc1CSc1ccccc1. The lowest BCUT2D eigenvalue weighted by Gasteiger charge is -2.20. The average molecular weight is 462 g/mol. The number of benzene rings is 2. The molecule has 0 saturated carbocycles. The van der Waals surface area contributed by atoms with Crippen LogP contribution < -0.4 is 5.32 Å². The molecule has 1 N–H and O–H groups in total. The van der Waals surface area contributed by atoms with Gasteiger partial charge in [-0.05, 0) is 37.3 Å². The highest BCUT2D eigenvalue weighted by molar-refractivity contribution is 7.98.